The summed E-state index contributed by atoms with van der Waals surface area (Å²) in [5.41, 5.74) is 4.19. The molecule has 2 N–H and O–H groups in total. The number of H-pyrrole nitrogens is 1. The third kappa shape index (κ3) is 4.40. The second-order valence-electron chi connectivity index (χ2n) is 7.60. The highest BCUT2D eigenvalue weighted by Crippen LogP contribution is 2.39. The van der Waals surface area contributed by atoms with Gasteiger partial charge in [0.2, 0.25) is 0 Å². The van der Waals surface area contributed by atoms with Crippen LogP contribution in [0.15, 0.2) is 36.9 Å². The largest absolute Gasteiger partial charge is 0.486 e. The van der Waals surface area contributed by atoms with E-state index < -0.39 is 0 Å². The fourth-order valence-electron chi connectivity index (χ4n) is 3.44. The normalized spacial score (nSPS) is 15.2. The van der Waals surface area contributed by atoms with Gasteiger partial charge in [-0.15, -0.1) is 0 Å². The van der Waals surface area contributed by atoms with Gasteiger partial charge in [0, 0.05) is 35.6 Å². The minimum atomic E-state index is -0.218. The summed E-state index contributed by atoms with van der Waals surface area (Å²) in [5, 5.41) is 10.5. The van der Waals surface area contributed by atoms with Crippen LogP contribution in [0.3, 0.4) is 0 Å². The number of hydrogen-bond donors (Lipinski definition) is 2. The molecule has 2 aromatic heterocycles. The van der Waals surface area contributed by atoms with E-state index in [2.05, 4.69) is 39.3 Å². The summed E-state index contributed by atoms with van der Waals surface area (Å²) in [7, 11) is 0. The maximum absolute atomic E-state index is 12.4. The van der Waals surface area contributed by atoms with Gasteiger partial charge in [-0.3, -0.25) is 9.89 Å². The van der Waals surface area contributed by atoms with Crippen molar-refractivity contribution in [1.29, 1.82) is 0 Å². The Hall–Kier alpha value is -2.93. The minimum Gasteiger partial charge on any atom is -0.486 e. The monoisotopic (exact) mass is 411 g/mol. The van der Waals surface area contributed by atoms with Crippen molar-refractivity contribution in [3.05, 3.63) is 58.9 Å². The second kappa shape index (κ2) is 8.21. The number of hydrogen-bond acceptors (Lipinski definition) is 5. The zero-order chi connectivity index (χ0) is 20.4. The molecule has 4 rings (SSSR count). The van der Waals surface area contributed by atoms with Crippen LogP contribution in [-0.2, 0) is 12.8 Å². The number of carbonyl (C=O) groups is 1. The lowest BCUT2D eigenvalue weighted by Gasteiger charge is -2.11. The molecule has 0 bridgehead atoms. The lowest BCUT2D eigenvalue weighted by molar-refractivity contribution is 0.0928. The topological polar surface area (TPSA) is 92.8 Å². The van der Waals surface area contributed by atoms with Gasteiger partial charge >= 0.3 is 0 Å². The Kier molecular flexibility index (Phi) is 5.49. The summed E-state index contributed by atoms with van der Waals surface area (Å²) in [6.07, 6.45) is 6.32. The van der Waals surface area contributed by atoms with Gasteiger partial charge in [-0.2, -0.15) is 5.10 Å². The summed E-state index contributed by atoms with van der Waals surface area (Å²) in [4.78, 5) is 20.5. The number of fused-ring (bicyclic) bond motifs is 1. The van der Waals surface area contributed by atoms with Crippen molar-refractivity contribution < 1.29 is 9.53 Å². The molecule has 3 aromatic rings. The number of nitrogens with zero attached hydrogens (tertiary/aromatic N) is 3. The number of amides is 1. The third-order valence-corrected chi connectivity index (χ3v) is 5.01. The van der Waals surface area contributed by atoms with Crippen molar-refractivity contribution in [2.24, 2.45) is 5.92 Å². The standard InChI is InChI=1S/C21H22ClN5O2/c1-12(2)3-16-7-19(27-26-16)21(28)25-10-17-5-14-4-13(6-18(22)20(14)29-17)15-8-23-11-24-9-15/h4,6-9,11-12,17H,3,5,10H2,1-2H3,(H,25,28)(H,26,27)/t17-/m0/s1. The summed E-state index contributed by atoms with van der Waals surface area (Å²) >= 11 is 6.43. The summed E-state index contributed by atoms with van der Waals surface area (Å²) in [5.74, 6) is 0.948. The highest BCUT2D eigenvalue weighted by atomic mass is 35.5. The molecule has 1 aliphatic heterocycles. The maximum atomic E-state index is 12.4. The molecular formula is C21H22ClN5O2. The Labute approximate surface area is 173 Å². The Bertz CT molecular complexity index is 1020. The number of carbonyl (C=O) groups excluding carboxylic acids is 1. The Morgan fingerprint density at radius 1 is 1.28 bits per heavy atom. The molecule has 8 heteroatoms. The molecule has 29 heavy (non-hydrogen) atoms. The first-order valence-electron chi connectivity index (χ1n) is 9.56. The van der Waals surface area contributed by atoms with Crippen molar-refractivity contribution in [2.45, 2.75) is 32.8 Å². The van der Waals surface area contributed by atoms with Gasteiger partial charge in [0.15, 0.2) is 0 Å². The van der Waals surface area contributed by atoms with E-state index in [-0.39, 0.29) is 12.0 Å². The van der Waals surface area contributed by atoms with Crippen LogP contribution in [0.4, 0.5) is 0 Å². The van der Waals surface area contributed by atoms with E-state index >= 15 is 0 Å². The number of benzene rings is 1. The van der Waals surface area contributed by atoms with Gasteiger partial charge in [0.05, 0.1) is 11.6 Å². The lowest BCUT2D eigenvalue weighted by Crippen LogP contribution is -2.34. The number of ether oxygens (including phenoxy) is 1. The molecule has 0 saturated carbocycles. The smallest absolute Gasteiger partial charge is 0.271 e. The molecule has 7 nitrogen and oxygen atoms in total. The molecular weight excluding hydrogens is 390 g/mol. The molecule has 0 unspecified atom stereocenters. The molecule has 0 saturated heterocycles. The maximum Gasteiger partial charge on any atom is 0.271 e. The first kappa shape index (κ1) is 19.4. The van der Waals surface area contributed by atoms with Crippen LogP contribution in [0.2, 0.25) is 5.02 Å². The van der Waals surface area contributed by atoms with E-state index in [1.54, 1.807) is 18.5 Å². The van der Waals surface area contributed by atoms with Crippen molar-refractivity contribution in [2.75, 3.05) is 6.54 Å². The predicted molar refractivity (Wildman–Crippen MR) is 110 cm³/mol. The SMILES string of the molecule is CC(C)Cc1cc(C(=O)NC[C@@H]2Cc3cc(-c4cncnc4)cc(Cl)c3O2)n[nH]1. The number of rotatable bonds is 6. The second-order valence-corrected chi connectivity index (χ2v) is 8.01. The zero-order valence-electron chi connectivity index (χ0n) is 16.3. The van der Waals surface area contributed by atoms with Gasteiger partial charge in [0.25, 0.3) is 5.91 Å². The molecule has 1 aromatic carbocycles. The van der Waals surface area contributed by atoms with Crippen molar-refractivity contribution in [1.82, 2.24) is 25.5 Å². The molecule has 0 spiro atoms. The van der Waals surface area contributed by atoms with E-state index in [0.29, 0.717) is 35.3 Å². The summed E-state index contributed by atoms with van der Waals surface area (Å²) in [6.45, 7) is 4.62. The summed E-state index contributed by atoms with van der Waals surface area (Å²) in [6, 6.07) is 5.68. The first-order chi connectivity index (χ1) is 14.0. The third-order valence-electron chi connectivity index (χ3n) is 4.73. The van der Waals surface area contributed by atoms with Crippen molar-refractivity contribution >= 4 is 17.5 Å². The van der Waals surface area contributed by atoms with Crippen LogP contribution in [0.25, 0.3) is 11.1 Å². The van der Waals surface area contributed by atoms with Crippen LogP contribution in [0.5, 0.6) is 5.75 Å². The van der Waals surface area contributed by atoms with Gasteiger partial charge in [-0.25, -0.2) is 9.97 Å². The Morgan fingerprint density at radius 3 is 2.83 bits per heavy atom. The van der Waals surface area contributed by atoms with E-state index in [9.17, 15) is 4.79 Å². The van der Waals surface area contributed by atoms with E-state index in [1.165, 1.54) is 6.33 Å². The molecule has 0 radical (unpaired) electrons. The van der Waals surface area contributed by atoms with E-state index in [1.807, 2.05) is 12.1 Å². The van der Waals surface area contributed by atoms with Crippen LogP contribution < -0.4 is 10.1 Å². The average molecular weight is 412 g/mol. The number of aromatic nitrogens is 4. The molecule has 1 aliphatic rings. The highest BCUT2D eigenvalue weighted by molar-refractivity contribution is 6.32. The van der Waals surface area contributed by atoms with Crippen molar-refractivity contribution in [3.8, 4) is 16.9 Å². The van der Waals surface area contributed by atoms with Gasteiger partial charge < -0.3 is 10.1 Å². The fourth-order valence-corrected chi connectivity index (χ4v) is 3.72. The van der Waals surface area contributed by atoms with E-state index in [4.69, 9.17) is 16.3 Å². The molecule has 0 aliphatic carbocycles. The summed E-state index contributed by atoms with van der Waals surface area (Å²) < 4.78 is 5.97. The fraction of sp³-hybridized carbons (Fsp3) is 0.333. The zero-order valence-corrected chi connectivity index (χ0v) is 17.0. The van der Waals surface area contributed by atoms with Crippen LogP contribution in [0, 0.1) is 5.92 Å². The highest BCUT2D eigenvalue weighted by Gasteiger charge is 2.27. The molecule has 3 heterocycles. The van der Waals surface area contributed by atoms with Gasteiger partial charge in [0.1, 0.15) is 23.9 Å². The molecule has 1 amide bonds. The average Bonchev–Trinajstić information content (AvgIpc) is 3.33. The predicted octanol–water partition coefficient (Wildman–Crippen LogP) is 3.45. The van der Waals surface area contributed by atoms with Gasteiger partial charge in [-0.1, -0.05) is 25.4 Å². The van der Waals surface area contributed by atoms with E-state index in [0.717, 1.165) is 28.8 Å². The lowest BCUT2D eigenvalue weighted by atomic mass is 10.0. The number of nitrogens with one attached hydrogen (secondary N) is 2. The van der Waals surface area contributed by atoms with Crippen molar-refractivity contribution in [3.63, 3.8) is 0 Å². The van der Waals surface area contributed by atoms with Crippen LogP contribution in [0.1, 0.15) is 35.6 Å². The van der Waals surface area contributed by atoms with Gasteiger partial charge in [-0.05, 0) is 36.1 Å². The minimum absolute atomic E-state index is 0.178. The first-order valence-corrected chi connectivity index (χ1v) is 9.94. The Balaban J connectivity index is 1.39. The molecule has 1 atom stereocenters. The molecule has 150 valence electrons. The molecule has 0 fully saturated rings. The Morgan fingerprint density at radius 2 is 2.07 bits per heavy atom. The number of aromatic amines is 1. The van der Waals surface area contributed by atoms with Crippen LogP contribution in [-0.4, -0.2) is 38.7 Å². The van der Waals surface area contributed by atoms with Crippen LogP contribution >= 0.6 is 11.6 Å². The number of halogens is 1. The quantitative estimate of drug-likeness (QED) is 0.648.